The molecule has 0 aliphatic carbocycles. The van der Waals surface area contributed by atoms with Crippen molar-refractivity contribution in [2.24, 2.45) is 0 Å². The molecule has 3 aromatic rings. The molecule has 0 spiro atoms. The van der Waals surface area contributed by atoms with Crippen molar-refractivity contribution in [2.45, 2.75) is 26.7 Å². The molecule has 2 amide bonds. The number of para-hydroxylation sites is 1. The van der Waals surface area contributed by atoms with Crippen molar-refractivity contribution in [1.82, 2.24) is 14.9 Å². The number of pyridine rings is 2. The number of benzene rings is 1. The highest BCUT2D eigenvalue weighted by atomic mass is 16.2. The fourth-order valence-electron chi connectivity index (χ4n) is 3.12. The van der Waals surface area contributed by atoms with Gasteiger partial charge >= 0.3 is 0 Å². The lowest BCUT2D eigenvalue weighted by atomic mass is 10.1. The van der Waals surface area contributed by atoms with Gasteiger partial charge in [-0.05, 0) is 31.0 Å². The number of hydrogen-bond acceptors (Lipinski definition) is 4. The quantitative estimate of drug-likeness (QED) is 0.672. The molecule has 0 radical (unpaired) electrons. The summed E-state index contributed by atoms with van der Waals surface area (Å²) in [6, 6.07) is 11.0. The summed E-state index contributed by atoms with van der Waals surface area (Å²) in [6.45, 7) is 5.45. The van der Waals surface area contributed by atoms with E-state index in [-0.39, 0.29) is 11.8 Å². The summed E-state index contributed by atoms with van der Waals surface area (Å²) in [5.41, 5.74) is 2.10. The molecule has 6 heteroatoms. The zero-order valence-corrected chi connectivity index (χ0v) is 16.2. The number of carbonyl (C=O) groups is 2. The Balaban J connectivity index is 1.83. The summed E-state index contributed by atoms with van der Waals surface area (Å²) in [5, 5.41) is 3.82. The molecule has 144 valence electrons. The van der Waals surface area contributed by atoms with E-state index in [0.717, 1.165) is 23.7 Å². The first kappa shape index (κ1) is 19.5. The lowest BCUT2D eigenvalue weighted by Crippen LogP contribution is -2.32. The van der Waals surface area contributed by atoms with Crippen molar-refractivity contribution < 1.29 is 9.59 Å². The monoisotopic (exact) mass is 376 g/mol. The number of hydrogen-bond donors (Lipinski definition) is 1. The standard InChI is InChI=1S/C22H24N4O2/c1-3-11-26(12-4-2)22(28)18-13-17(14-23-15-18)21(27)25-19-9-5-7-16-8-6-10-24-20(16)19/h5-10,13-15H,3-4,11-12H2,1-2H3,(H,25,27). The molecular weight excluding hydrogens is 352 g/mol. The molecule has 2 aromatic heterocycles. The summed E-state index contributed by atoms with van der Waals surface area (Å²) in [6.07, 6.45) is 6.43. The van der Waals surface area contributed by atoms with Crippen LogP contribution in [0.4, 0.5) is 5.69 Å². The Hall–Kier alpha value is -3.28. The highest BCUT2D eigenvalue weighted by Gasteiger charge is 2.17. The van der Waals surface area contributed by atoms with Gasteiger partial charge in [-0.25, -0.2) is 0 Å². The van der Waals surface area contributed by atoms with Crippen molar-refractivity contribution in [3.05, 3.63) is 66.1 Å². The summed E-state index contributed by atoms with van der Waals surface area (Å²) in [4.78, 5) is 35.8. The topological polar surface area (TPSA) is 75.2 Å². The van der Waals surface area contributed by atoms with Gasteiger partial charge in [0.15, 0.2) is 0 Å². The predicted octanol–water partition coefficient (Wildman–Crippen LogP) is 4.14. The Morgan fingerprint density at radius 2 is 1.71 bits per heavy atom. The number of nitrogens with zero attached hydrogens (tertiary/aromatic N) is 3. The molecule has 2 heterocycles. The molecule has 0 aliphatic heterocycles. The van der Waals surface area contributed by atoms with Gasteiger partial charge in [0, 0.05) is 37.1 Å². The third kappa shape index (κ3) is 4.34. The fourth-order valence-corrected chi connectivity index (χ4v) is 3.12. The van der Waals surface area contributed by atoms with Crippen LogP contribution >= 0.6 is 0 Å². The van der Waals surface area contributed by atoms with Crippen LogP contribution < -0.4 is 5.32 Å². The number of nitrogens with one attached hydrogen (secondary N) is 1. The van der Waals surface area contributed by atoms with Crippen LogP contribution in [0.1, 0.15) is 47.4 Å². The number of amides is 2. The molecule has 1 N–H and O–H groups in total. The van der Waals surface area contributed by atoms with Gasteiger partial charge in [-0.2, -0.15) is 0 Å². The number of anilines is 1. The first-order valence-electron chi connectivity index (χ1n) is 9.53. The van der Waals surface area contributed by atoms with Crippen molar-refractivity contribution >= 4 is 28.4 Å². The van der Waals surface area contributed by atoms with Crippen LogP contribution in [0.2, 0.25) is 0 Å². The average molecular weight is 376 g/mol. The lowest BCUT2D eigenvalue weighted by molar-refractivity contribution is 0.0755. The minimum atomic E-state index is -0.321. The molecule has 0 fully saturated rings. The Morgan fingerprint density at radius 1 is 1.00 bits per heavy atom. The molecule has 0 saturated heterocycles. The Kier molecular flexibility index (Phi) is 6.32. The number of rotatable bonds is 7. The van der Waals surface area contributed by atoms with E-state index in [9.17, 15) is 9.59 Å². The zero-order valence-electron chi connectivity index (χ0n) is 16.2. The largest absolute Gasteiger partial charge is 0.339 e. The molecule has 3 rings (SSSR count). The first-order valence-corrected chi connectivity index (χ1v) is 9.53. The van der Waals surface area contributed by atoms with Crippen molar-refractivity contribution in [1.29, 1.82) is 0 Å². The lowest BCUT2D eigenvalue weighted by Gasteiger charge is -2.21. The smallest absolute Gasteiger partial charge is 0.257 e. The zero-order chi connectivity index (χ0) is 19.9. The minimum absolute atomic E-state index is 0.0994. The SMILES string of the molecule is CCCN(CCC)C(=O)c1cncc(C(=O)Nc2cccc3cccnc23)c1. The van der Waals surface area contributed by atoms with E-state index in [0.29, 0.717) is 29.9 Å². The normalized spacial score (nSPS) is 10.6. The molecule has 0 bridgehead atoms. The Morgan fingerprint density at radius 3 is 2.46 bits per heavy atom. The van der Waals surface area contributed by atoms with Crippen LogP contribution in [0, 0.1) is 0 Å². The second-order valence-corrected chi connectivity index (χ2v) is 6.59. The average Bonchev–Trinajstić information content (AvgIpc) is 2.73. The molecule has 0 aliphatic rings. The summed E-state index contributed by atoms with van der Waals surface area (Å²) in [5.74, 6) is -0.421. The van der Waals surface area contributed by atoms with Gasteiger partial charge in [0.25, 0.3) is 11.8 Å². The van der Waals surface area contributed by atoms with Gasteiger partial charge in [-0.15, -0.1) is 0 Å². The van der Waals surface area contributed by atoms with E-state index < -0.39 is 0 Å². The Labute approximate surface area is 164 Å². The van der Waals surface area contributed by atoms with Gasteiger partial charge in [-0.3, -0.25) is 19.6 Å². The van der Waals surface area contributed by atoms with Crippen LogP contribution in [0.3, 0.4) is 0 Å². The molecule has 0 atom stereocenters. The van der Waals surface area contributed by atoms with E-state index in [1.165, 1.54) is 12.4 Å². The molecule has 0 unspecified atom stereocenters. The maximum atomic E-state index is 12.8. The predicted molar refractivity (Wildman–Crippen MR) is 110 cm³/mol. The van der Waals surface area contributed by atoms with E-state index in [4.69, 9.17) is 0 Å². The maximum Gasteiger partial charge on any atom is 0.257 e. The Bertz CT molecular complexity index is 976. The van der Waals surface area contributed by atoms with Gasteiger partial charge < -0.3 is 10.2 Å². The van der Waals surface area contributed by atoms with E-state index in [1.807, 2.05) is 38.1 Å². The van der Waals surface area contributed by atoms with Crippen LogP contribution in [0.5, 0.6) is 0 Å². The van der Waals surface area contributed by atoms with Gasteiger partial charge in [-0.1, -0.05) is 32.0 Å². The van der Waals surface area contributed by atoms with E-state index in [2.05, 4.69) is 15.3 Å². The van der Waals surface area contributed by atoms with Crippen LogP contribution in [0.25, 0.3) is 10.9 Å². The second kappa shape index (κ2) is 9.08. The summed E-state index contributed by atoms with van der Waals surface area (Å²) in [7, 11) is 0. The van der Waals surface area contributed by atoms with Crippen molar-refractivity contribution in [3.8, 4) is 0 Å². The molecule has 28 heavy (non-hydrogen) atoms. The first-order chi connectivity index (χ1) is 13.6. The van der Waals surface area contributed by atoms with Crippen LogP contribution in [-0.2, 0) is 0 Å². The van der Waals surface area contributed by atoms with E-state index >= 15 is 0 Å². The number of carbonyl (C=O) groups excluding carboxylic acids is 2. The highest BCUT2D eigenvalue weighted by molar-refractivity contribution is 6.09. The molecule has 1 aromatic carbocycles. The third-order valence-electron chi connectivity index (χ3n) is 4.40. The maximum absolute atomic E-state index is 12.8. The molecular formula is C22H24N4O2. The van der Waals surface area contributed by atoms with Crippen LogP contribution in [-0.4, -0.2) is 39.8 Å². The van der Waals surface area contributed by atoms with Crippen molar-refractivity contribution in [3.63, 3.8) is 0 Å². The highest BCUT2D eigenvalue weighted by Crippen LogP contribution is 2.21. The summed E-state index contributed by atoms with van der Waals surface area (Å²) >= 11 is 0. The number of fused-ring (bicyclic) bond motifs is 1. The molecule has 0 saturated carbocycles. The number of aromatic nitrogens is 2. The second-order valence-electron chi connectivity index (χ2n) is 6.59. The van der Waals surface area contributed by atoms with E-state index in [1.54, 1.807) is 23.2 Å². The van der Waals surface area contributed by atoms with Gasteiger partial charge in [0.05, 0.1) is 22.3 Å². The summed E-state index contributed by atoms with van der Waals surface area (Å²) < 4.78 is 0. The van der Waals surface area contributed by atoms with Gasteiger partial charge in [0.2, 0.25) is 0 Å². The van der Waals surface area contributed by atoms with Crippen LogP contribution in [0.15, 0.2) is 55.0 Å². The third-order valence-corrected chi connectivity index (χ3v) is 4.40. The fraction of sp³-hybridized carbons (Fsp3) is 0.273. The van der Waals surface area contributed by atoms with Crippen molar-refractivity contribution in [2.75, 3.05) is 18.4 Å². The molecule has 6 nitrogen and oxygen atoms in total. The van der Waals surface area contributed by atoms with Gasteiger partial charge in [0.1, 0.15) is 0 Å². The minimum Gasteiger partial charge on any atom is -0.339 e.